The summed E-state index contributed by atoms with van der Waals surface area (Å²) in [4.78, 5) is 26.8. The summed E-state index contributed by atoms with van der Waals surface area (Å²) < 4.78 is 5.35. The Morgan fingerprint density at radius 1 is 1.26 bits per heavy atom. The van der Waals surface area contributed by atoms with Crippen molar-refractivity contribution in [2.45, 2.75) is 12.8 Å². The maximum Gasteiger partial charge on any atom is 0.227 e. The topological polar surface area (TPSA) is 58.6 Å². The van der Waals surface area contributed by atoms with Crippen LogP contribution in [-0.2, 0) is 9.53 Å². The smallest absolute Gasteiger partial charge is 0.227 e. The summed E-state index contributed by atoms with van der Waals surface area (Å²) in [5, 5.41) is 3.14. The molecule has 1 amide bonds. The number of ether oxygens (including phenoxy) is 1. The van der Waals surface area contributed by atoms with Gasteiger partial charge in [-0.05, 0) is 24.3 Å². The summed E-state index contributed by atoms with van der Waals surface area (Å²) >= 11 is 1.63. The van der Waals surface area contributed by atoms with Gasteiger partial charge in [-0.2, -0.15) is 0 Å². The predicted octanol–water partition coefficient (Wildman–Crippen LogP) is 1.77. The zero-order valence-corrected chi connectivity index (χ0v) is 13.8. The van der Waals surface area contributed by atoms with Crippen LogP contribution in [-0.4, -0.2) is 60.2 Å². The summed E-state index contributed by atoms with van der Waals surface area (Å²) in [5.74, 6) is 1.30. The Balaban J connectivity index is 1.52. The van der Waals surface area contributed by atoms with Crippen molar-refractivity contribution in [3.05, 3.63) is 17.8 Å². The summed E-state index contributed by atoms with van der Waals surface area (Å²) in [7, 11) is 0. The van der Waals surface area contributed by atoms with Crippen molar-refractivity contribution >= 4 is 33.3 Å². The lowest BCUT2D eigenvalue weighted by Crippen LogP contribution is -2.48. The van der Waals surface area contributed by atoms with Gasteiger partial charge in [0.15, 0.2) is 0 Å². The number of morpholine rings is 1. The lowest BCUT2D eigenvalue weighted by atomic mass is 9.96. The summed E-state index contributed by atoms with van der Waals surface area (Å²) in [6.07, 6.45) is 3.61. The van der Waals surface area contributed by atoms with Crippen LogP contribution >= 0.6 is 11.3 Å². The zero-order valence-electron chi connectivity index (χ0n) is 13.0. The largest absolute Gasteiger partial charge is 0.378 e. The Morgan fingerprint density at radius 3 is 3.00 bits per heavy atom. The standard InChI is InChI=1S/C16H20N4O2S/c21-16(19-5-7-22-8-6-19)12-2-1-4-20(10-12)14-13-3-9-23-15(13)18-11-17-14/h3,9,11-12H,1-2,4-8,10H2/t12-/m0/s1. The molecular weight excluding hydrogens is 312 g/mol. The maximum atomic E-state index is 12.8. The van der Waals surface area contributed by atoms with E-state index in [0.717, 1.165) is 55.1 Å². The third-order valence-electron chi connectivity index (χ3n) is 4.63. The van der Waals surface area contributed by atoms with Gasteiger partial charge in [-0.15, -0.1) is 11.3 Å². The van der Waals surface area contributed by atoms with Gasteiger partial charge in [-0.3, -0.25) is 4.79 Å². The number of hydrogen-bond acceptors (Lipinski definition) is 6. The summed E-state index contributed by atoms with van der Waals surface area (Å²) in [6.45, 7) is 4.45. The van der Waals surface area contributed by atoms with Crippen molar-refractivity contribution in [2.24, 2.45) is 5.92 Å². The van der Waals surface area contributed by atoms with Crippen molar-refractivity contribution in [3.8, 4) is 0 Å². The van der Waals surface area contributed by atoms with E-state index in [1.54, 1.807) is 17.7 Å². The van der Waals surface area contributed by atoms with Crippen LogP contribution in [0.4, 0.5) is 5.82 Å². The number of piperidine rings is 1. The lowest BCUT2D eigenvalue weighted by Gasteiger charge is -2.36. The fourth-order valence-electron chi connectivity index (χ4n) is 3.44. The van der Waals surface area contributed by atoms with Gasteiger partial charge in [-0.1, -0.05) is 0 Å². The molecule has 0 radical (unpaired) electrons. The minimum absolute atomic E-state index is 0.0606. The van der Waals surface area contributed by atoms with Crippen LogP contribution in [0.1, 0.15) is 12.8 Å². The number of rotatable bonds is 2. The number of aromatic nitrogens is 2. The SMILES string of the molecule is O=C([C@H]1CCCN(c2ncnc3sccc23)C1)N1CCOCC1. The molecule has 2 fully saturated rings. The van der Waals surface area contributed by atoms with Gasteiger partial charge in [0.05, 0.1) is 24.5 Å². The summed E-state index contributed by atoms with van der Waals surface area (Å²) in [5.41, 5.74) is 0. The van der Waals surface area contributed by atoms with Gasteiger partial charge in [0.25, 0.3) is 0 Å². The van der Waals surface area contributed by atoms with Crippen molar-refractivity contribution in [1.82, 2.24) is 14.9 Å². The van der Waals surface area contributed by atoms with Crippen LogP contribution in [0.5, 0.6) is 0 Å². The Bertz CT molecular complexity index is 698. The van der Waals surface area contributed by atoms with E-state index in [-0.39, 0.29) is 11.8 Å². The molecule has 0 aliphatic carbocycles. The van der Waals surface area contributed by atoms with Crippen molar-refractivity contribution in [2.75, 3.05) is 44.3 Å². The number of nitrogens with zero attached hydrogens (tertiary/aromatic N) is 4. The van der Waals surface area contributed by atoms with E-state index < -0.39 is 0 Å². The molecule has 0 N–H and O–H groups in total. The minimum Gasteiger partial charge on any atom is -0.378 e. The molecule has 1 atom stereocenters. The Hall–Kier alpha value is -1.73. The molecule has 0 aromatic carbocycles. The van der Waals surface area contributed by atoms with Crippen LogP contribution < -0.4 is 4.90 Å². The van der Waals surface area contributed by atoms with E-state index in [1.165, 1.54) is 0 Å². The van der Waals surface area contributed by atoms with E-state index in [9.17, 15) is 4.79 Å². The number of amides is 1. The number of hydrogen-bond donors (Lipinski definition) is 0. The number of carbonyl (C=O) groups excluding carboxylic acids is 1. The number of fused-ring (bicyclic) bond motifs is 1. The van der Waals surface area contributed by atoms with Gasteiger partial charge in [0.2, 0.25) is 5.91 Å². The number of thiophene rings is 1. The lowest BCUT2D eigenvalue weighted by molar-refractivity contribution is -0.139. The second kappa shape index (κ2) is 6.41. The molecule has 2 aliphatic heterocycles. The van der Waals surface area contributed by atoms with Gasteiger partial charge in [0.1, 0.15) is 17.0 Å². The molecule has 7 heteroatoms. The van der Waals surface area contributed by atoms with E-state index in [2.05, 4.69) is 20.9 Å². The van der Waals surface area contributed by atoms with Crippen molar-refractivity contribution < 1.29 is 9.53 Å². The van der Waals surface area contributed by atoms with Gasteiger partial charge in [-0.25, -0.2) is 9.97 Å². The molecule has 23 heavy (non-hydrogen) atoms. The molecule has 0 saturated carbocycles. The van der Waals surface area contributed by atoms with Crippen LogP contribution in [0.3, 0.4) is 0 Å². The van der Waals surface area contributed by atoms with E-state index in [1.807, 2.05) is 10.3 Å². The molecule has 2 aliphatic rings. The van der Waals surface area contributed by atoms with Crippen molar-refractivity contribution in [3.63, 3.8) is 0 Å². The highest BCUT2D eigenvalue weighted by atomic mass is 32.1. The van der Waals surface area contributed by atoms with Crippen LogP contribution in [0.15, 0.2) is 17.8 Å². The van der Waals surface area contributed by atoms with E-state index >= 15 is 0 Å². The monoisotopic (exact) mass is 332 g/mol. The first-order valence-electron chi connectivity index (χ1n) is 8.12. The Kier molecular flexibility index (Phi) is 4.13. The molecule has 0 bridgehead atoms. The second-order valence-corrected chi connectivity index (χ2v) is 6.95. The number of carbonyl (C=O) groups is 1. The Morgan fingerprint density at radius 2 is 2.13 bits per heavy atom. The molecule has 0 spiro atoms. The molecular formula is C16H20N4O2S. The quantitative estimate of drug-likeness (QED) is 0.839. The van der Waals surface area contributed by atoms with Crippen LogP contribution in [0.25, 0.3) is 10.2 Å². The molecule has 122 valence electrons. The first-order valence-corrected chi connectivity index (χ1v) is 9.00. The predicted molar refractivity (Wildman–Crippen MR) is 89.8 cm³/mol. The first kappa shape index (κ1) is 14.8. The van der Waals surface area contributed by atoms with Gasteiger partial charge < -0.3 is 14.5 Å². The average Bonchev–Trinajstić information content (AvgIpc) is 3.10. The fraction of sp³-hybridized carbons (Fsp3) is 0.562. The maximum absolute atomic E-state index is 12.8. The van der Waals surface area contributed by atoms with Crippen LogP contribution in [0, 0.1) is 5.92 Å². The third kappa shape index (κ3) is 2.90. The molecule has 6 nitrogen and oxygen atoms in total. The highest BCUT2D eigenvalue weighted by Crippen LogP contribution is 2.30. The minimum atomic E-state index is 0.0606. The fourth-order valence-corrected chi connectivity index (χ4v) is 4.17. The molecule has 4 rings (SSSR count). The molecule has 2 aromatic rings. The number of anilines is 1. The van der Waals surface area contributed by atoms with E-state index in [4.69, 9.17) is 4.74 Å². The molecule has 4 heterocycles. The summed E-state index contributed by atoms with van der Waals surface area (Å²) in [6, 6.07) is 2.07. The van der Waals surface area contributed by atoms with E-state index in [0.29, 0.717) is 13.2 Å². The third-order valence-corrected chi connectivity index (χ3v) is 5.45. The second-order valence-electron chi connectivity index (χ2n) is 6.06. The average molecular weight is 332 g/mol. The Labute approximate surface area is 139 Å². The van der Waals surface area contributed by atoms with Crippen molar-refractivity contribution in [1.29, 1.82) is 0 Å². The van der Waals surface area contributed by atoms with Crippen LogP contribution in [0.2, 0.25) is 0 Å². The molecule has 2 saturated heterocycles. The molecule has 0 unspecified atom stereocenters. The normalized spacial score (nSPS) is 22.5. The highest BCUT2D eigenvalue weighted by molar-refractivity contribution is 7.16. The van der Waals surface area contributed by atoms with Gasteiger partial charge >= 0.3 is 0 Å². The highest BCUT2D eigenvalue weighted by Gasteiger charge is 2.31. The first-order chi connectivity index (χ1) is 11.3. The van der Waals surface area contributed by atoms with Gasteiger partial charge in [0, 0.05) is 26.2 Å². The molecule has 2 aromatic heterocycles. The zero-order chi connectivity index (χ0) is 15.6.